The standard InChI is InChI=1S/C23H17ClFN3O6/c1-32-19-7-2-3-8-20(19)33-15-10-13(9-14(11-15)28(30)31)26-23(29)21-12-18(27-34-21)22-16(24)5-4-6-17(22)25/h2-11,21H,12H2,1H3,(H,26,29). The van der Waals surface area contributed by atoms with Crippen LogP contribution in [-0.4, -0.2) is 29.8 Å². The summed E-state index contributed by atoms with van der Waals surface area (Å²) < 4.78 is 25.1. The molecule has 3 aromatic rings. The molecule has 0 aliphatic carbocycles. The molecular formula is C23H17ClFN3O6. The number of methoxy groups -OCH3 is 1. The number of hydrogen-bond acceptors (Lipinski definition) is 7. The van der Waals surface area contributed by atoms with Gasteiger partial charge in [0.2, 0.25) is 6.10 Å². The number of rotatable bonds is 7. The number of carbonyl (C=O) groups is 1. The Labute approximate surface area is 197 Å². The van der Waals surface area contributed by atoms with E-state index in [4.69, 9.17) is 25.9 Å². The molecule has 1 aliphatic rings. The maximum Gasteiger partial charge on any atom is 0.275 e. The van der Waals surface area contributed by atoms with Gasteiger partial charge in [-0.1, -0.05) is 35.0 Å². The molecular weight excluding hydrogens is 469 g/mol. The zero-order chi connectivity index (χ0) is 24.2. The fraction of sp³-hybridized carbons (Fsp3) is 0.130. The molecule has 1 N–H and O–H groups in total. The van der Waals surface area contributed by atoms with Crippen molar-refractivity contribution in [1.29, 1.82) is 0 Å². The highest BCUT2D eigenvalue weighted by Gasteiger charge is 2.31. The zero-order valence-corrected chi connectivity index (χ0v) is 18.4. The Morgan fingerprint density at radius 1 is 1.21 bits per heavy atom. The summed E-state index contributed by atoms with van der Waals surface area (Å²) in [5, 5.41) is 17.9. The molecule has 174 valence electrons. The molecule has 0 aromatic heterocycles. The Kier molecular flexibility index (Phi) is 6.60. The van der Waals surface area contributed by atoms with Gasteiger partial charge in [-0.05, 0) is 24.3 Å². The van der Waals surface area contributed by atoms with Crippen molar-refractivity contribution in [2.75, 3.05) is 12.4 Å². The summed E-state index contributed by atoms with van der Waals surface area (Å²) in [6.45, 7) is 0. The topological polar surface area (TPSA) is 112 Å². The lowest BCUT2D eigenvalue weighted by Gasteiger charge is -2.13. The van der Waals surface area contributed by atoms with Crippen molar-refractivity contribution in [3.63, 3.8) is 0 Å². The number of halogens is 2. The average Bonchev–Trinajstić information content (AvgIpc) is 3.29. The molecule has 9 nitrogen and oxygen atoms in total. The van der Waals surface area contributed by atoms with Crippen LogP contribution in [0, 0.1) is 15.9 Å². The predicted molar refractivity (Wildman–Crippen MR) is 122 cm³/mol. The lowest BCUT2D eigenvalue weighted by molar-refractivity contribution is -0.384. The molecule has 4 rings (SSSR count). The highest BCUT2D eigenvalue weighted by atomic mass is 35.5. The maximum absolute atomic E-state index is 14.2. The summed E-state index contributed by atoms with van der Waals surface area (Å²) in [6, 6.07) is 14.8. The summed E-state index contributed by atoms with van der Waals surface area (Å²) in [4.78, 5) is 28.7. The Morgan fingerprint density at radius 3 is 2.68 bits per heavy atom. The number of non-ortho nitro benzene ring substituents is 1. The molecule has 0 saturated carbocycles. The molecule has 1 unspecified atom stereocenters. The van der Waals surface area contributed by atoms with Crippen LogP contribution in [-0.2, 0) is 9.63 Å². The SMILES string of the molecule is COc1ccccc1Oc1cc(NC(=O)C2CC(c3c(F)cccc3Cl)=NO2)cc([N+](=O)[O-])c1. The van der Waals surface area contributed by atoms with Crippen molar-refractivity contribution in [2.24, 2.45) is 5.16 Å². The minimum Gasteiger partial charge on any atom is -0.493 e. The first-order valence-corrected chi connectivity index (χ1v) is 10.3. The van der Waals surface area contributed by atoms with Crippen LogP contribution >= 0.6 is 11.6 Å². The van der Waals surface area contributed by atoms with E-state index in [9.17, 15) is 19.3 Å². The first-order chi connectivity index (χ1) is 16.4. The maximum atomic E-state index is 14.2. The van der Waals surface area contributed by atoms with Gasteiger partial charge < -0.3 is 19.6 Å². The van der Waals surface area contributed by atoms with Crippen LogP contribution in [0.15, 0.2) is 65.8 Å². The van der Waals surface area contributed by atoms with Gasteiger partial charge in [0, 0.05) is 18.6 Å². The molecule has 0 fully saturated rings. The Morgan fingerprint density at radius 2 is 1.97 bits per heavy atom. The highest BCUT2D eigenvalue weighted by molar-refractivity contribution is 6.34. The van der Waals surface area contributed by atoms with Gasteiger partial charge >= 0.3 is 0 Å². The smallest absolute Gasteiger partial charge is 0.275 e. The van der Waals surface area contributed by atoms with E-state index in [1.54, 1.807) is 24.3 Å². The number of nitrogens with zero attached hydrogens (tertiary/aromatic N) is 2. The van der Waals surface area contributed by atoms with Gasteiger partial charge in [-0.25, -0.2) is 4.39 Å². The van der Waals surface area contributed by atoms with E-state index < -0.39 is 22.8 Å². The van der Waals surface area contributed by atoms with Crippen molar-refractivity contribution < 1.29 is 28.4 Å². The van der Waals surface area contributed by atoms with E-state index in [1.807, 2.05) is 0 Å². The van der Waals surface area contributed by atoms with E-state index in [1.165, 1.54) is 43.5 Å². The first kappa shape index (κ1) is 23.0. The van der Waals surface area contributed by atoms with Crippen molar-refractivity contribution in [3.05, 3.63) is 87.2 Å². The number of carbonyl (C=O) groups excluding carboxylic acids is 1. The lowest BCUT2D eigenvalue weighted by Crippen LogP contribution is -2.28. The molecule has 1 aliphatic heterocycles. The Hall–Kier alpha value is -4.18. The van der Waals surface area contributed by atoms with Gasteiger partial charge in [-0.15, -0.1) is 0 Å². The molecule has 3 aromatic carbocycles. The second kappa shape index (κ2) is 9.75. The fourth-order valence-electron chi connectivity index (χ4n) is 3.31. The number of anilines is 1. The minimum atomic E-state index is -1.08. The lowest BCUT2D eigenvalue weighted by atomic mass is 10.0. The second-order valence-electron chi connectivity index (χ2n) is 7.15. The molecule has 0 radical (unpaired) electrons. The minimum absolute atomic E-state index is 0.0357. The second-order valence-corrected chi connectivity index (χ2v) is 7.55. The largest absolute Gasteiger partial charge is 0.493 e. The van der Waals surface area contributed by atoms with E-state index >= 15 is 0 Å². The summed E-state index contributed by atoms with van der Waals surface area (Å²) in [5.41, 5.74) is 0.0417. The average molecular weight is 486 g/mol. The number of hydrogen-bond donors (Lipinski definition) is 1. The zero-order valence-electron chi connectivity index (χ0n) is 17.7. The third kappa shape index (κ3) is 4.91. The molecule has 0 spiro atoms. The number of para-hydroxylation sites is 2. The van der Waals surface area contributed by atoms with Crippen LogP contribution in [0.1, 0.15) is 12.0 Å². The molecule has 11 heteroatoms. The summed E-state index contributed by atoms with van der Waals surface area (Å²) in [7, 11) is 1.47. The number of amides is 1. The number of nitro benzene ring substituents is 1. The highest BCUT2D eigenvalue weighted by Crippen LogP contribution is 2.34. The van der Waals surface area contributed by atoms with Crippen LogP contribution in [0.4, 0.5) is 15.8 Å². The van der Waals surface area contributed by atoms with E-state index in [0.717, 1.165) is 0 Å². The molecule has 1 heterocycles. The monoisotopic (exact) mass is 485 g/mol. The van der Waals surface area contributed by atoms with Crippen LogP contribution < -0.4 is 14.8 Å². The number of oxime groups is 1. The first-order valence-electron chi connectivity index (χ1n) is 9.94. The summed E-state index contributed by atoms with van der Waals surface area (Å²) >= 11 is 6.06. The summed E-state index contributed by atoms with van der Waals surface area (Å²) in [5.74, 6) is -0.351. The van der Waals surface area contributed by atoms with E-state index in [-0.39, 0.29) is 39.8 Å². The molecule has 34 heavy (non-hydrogen) atoms. The van der Waals surface area contributed by atoms with Gasteiger partial charge in [-0.3, -0.25) is 14.9 Å². The summed E-state index contributed by atoms with van der Waals surface area (Å²) in [6.07, 6.45) is -1.12. The van der Waals surface area contributed by atoms with Crippen molar-refractivity contribution in [1.82, 2.24) is 0 Å². The van der Waals surface area contributed by atoms with Crippen LogP contribution in [0.25, 0.3) is 0 Å². The Bertz CT molecular complexity index is 1280. The third-order valence-corrected chi connectivity index (χ3v) is 5.19. The van der Waals surface area contributed by atoms with Gasteiger partial charge in [-0.2, -0.15) is 0 Å². The van der Waals surface area contributed by atoms with Crippen molar-refractivity contribution in [3.8, 4) is 17.2 Å². The molecule has 0 bridgehead atoms. The van der Waals surface area contributed by atoms with Gasteiger partial charge in [0.05, 0.1) is 40.1 Å². The van der Waals surface area contributed by atoms with Crippen LogP contribution in [0.5, 0.6) is 17.2 Å². The van der Waals surface area contributed by atoms with Crippen LogP contribution in [0.3, 0.4) is 0 Å². The fourth-order valence-corrected chi connectivity index (χ4v) is 3.58. The molecule has 1 atom stereocenters. The molecule has 0 saturated heterocycles. The number of nitro groups is 1. The number of benzene rings is 3. The van der Waals surface area contributed by atoms with Gasteiger partial charge in [0.15, 0.2) is 11.5 Å². The molecule has 1 amide bonds. The third-order valence-electron chi connectivity index (χ3n) is 4.88. The normalized spacial score (nSPS) is 14.7. The quantitative estimate of drug-likeness (QED) is 0.358. The Balaban J connectivity index is 1.52. The van der Waals surface area contributed by atoms with Crippen LogP contribution in [0.2, 0.25) is 5.02 Å². The van der Waals surface area contributed by atoms with Gasteiger partial charge in [0.25, 0.3) is 11.6 Å². The number of nitrogens with one attached hydrogen (secondary N) is 1. The van der Waals surface area contributed by atoms with Crippen molar-refractivity contribution >= 4 is 34.6 Å². The van der Waals surface area contributed by atoms with E-state index in [2.05, 4.69) is 10.5 Å². The predicted octanol–water partition coefficient (Wildman–Crippen LogP) is 5.32. The van der Waals surface area contributed by atoms with Gasteiger partial charge in [0.1, 0.15) is 11.6 Å². The van der Waals surface area contributed by atoms with Crippen molar-refractivity contribution in [2.45, 2.75) is 12.5 Å². The number of ether oxygens (including phenoxy) is 2. The van der Waals surface area contributed by atoms with E-state index in [0.29, 0.717) is 11.5 Å².